The largest absolute Gasteiger partial charge is 0.397 e. The molecule has 0 bridgehead atoms. The summed E-state index contributed by atoms with van der Waals surface area (Å²) in [6.07, 6.45) is 1.51. The van der Waals surface area contributed by atoms with Crippen LogP contribution in [0.5, 0.6) is 0 Å². The molecule has 7 heteroatoms. The lowest BCUT2D eigenvalue weighted by Gasteiger charge is -2.30. The van der Waals surface area contributed by atoms with E-state index in [2.05, 4.69) is 21.2 Å². The molecule has 0 radical (unpaired) electrons. The van der Waals surface area contributed by atoms with Crippen LogP contribution in [0.25, 0.3) is 0 Å². The molecule has 1 aliphatic rings. The molecule has 0 aliphatic carbocycles. The van der Waals surface area contributed by atoms with E-state index in [0.29, 0.717) is 24.5 Å². The highest BCUT2D eigenvalue weighted by Gasteiger charge is 2.27. The number of hydrogen-bond acceptors (Lipinski definition) is 3. The topological polar surface area (TPSA) is 101 Å². The first-order valence-electron chi connectivity index (χ1n) is 6.79. The fourth-order valence-corrected chi connectivity index (χ4v) is 3.06. The highest BCUT2D eigenvalue weighted by Crippen LogP contribution is 2.28. The van der Waals surface area contributed by atoms with Gasteiger partial charge in [-0.1, -0.05) is 15.9 Å². The van der Waals surface area contributed by atoms with Gasteiger partial charge in [-0.15, -0.1) is 0 Å². The second kappa shape index (κ2) is 6.34. The van der Waals surface area contributed by atoms with Crippen molar-refractivity contribution in [3.8, 4) is 0 Å². The molecule has 3 amide bonds. The summed E-state index contributed by atoms with van der Waals surface area (Å²) in [4.78, 5) is 25.1. The van der Waals surface area contributed by atoms with Gasteiger partial charge in [0.05, 0.1) is 17.3 Å². The summed E-state index contributed by atoms with van der Waals surface area (Å²) in [6.45, 7) is 2.84. The Morgan fingerprint density at radius 2 is 2.14 bits per heavy atom. The number of nitrogen functional groups attached to an aromatic ring is 1. The summed E-state index contributed by atoms with van der Waals surface area (Å²) >= 11 is 3.39. The first-order valence-corrected chi connectivity index (χ1v) is 7.58. The molecular formula is C14H19BrN4O2. The molecule has 21 heavy (non-hydrogen) atoms. The van der Waals surface area contributed by atoms with E-state index in [-0.39, 0.29) is 11.8 Å². The van der Waals surface area contributed by atoms with Gasteiger partial charge in [0.1, 0.15) is 0 Å². The first kappa shape index (κ1) is 15.6. The fourth-order valence-electron chi connectivity index (χ4n) is 2.48. The number of nitrogens with two attached hydrogens (primary N) is 2. The monoisotopic (exact) mass is 354 g/mol. The number of benzene rings is 1. The molecule has 1 fully saturated rings. The minimum Gasteiger partial charge on any atom is -0.397 e. The van der Waals surface area contributed by atoms with E-state index >= 15 is 0 Å². The number of carbonyl (C=O) groups is 2. The fraction of sp³-hybridized carbons (Fsp3) is 0.429. The summed E-state index contributed by atoms with van der Waals surface area (Å²) < 4.78 is 0.854. The number of aryl methyl sites for hydroxylation is 1. The number of halogens is 1. The molecule has 1 aromatic carbocycles. The summed E-state index contributed by atoms with van der Waals surface area (Å²) in [5, 5.41) is 2.85. The normalized spacial score (nSPS) is 18.4. The Labute approximate surface area is 132 Å². The third kappa shape index (κ3) is 3.66. The van der Waals surface area contributed by atoms with E-state index < -0.39 is 6.03 Å². The predicted molar refractivity (Wildman–Crippen MR) is 85.8 cm³/mol. The van der Waals surface area contributed by atoms with E-state index in [4.69, 9.17) is 11.5 Å². The number of rotatable bonds is 2. The van der Waals surface area contributed by atoms with E-state index in [9.17, 15) is 9.59 Å². The average molecular weight is 355 g/mol. The third-order valence-corrected chi connectivity index (χ3v) is 4.17. The quantitative estimate of drug-likeness (QED) is 0.708. The number of piperidine rings is 1. The zero-order chi connectivity index (χ0) is 15.6. The summed E-state index contributed by atoms with van der Waals surface area (Å²) in [6, 6.07) is 3.18. The number of primary amides is 1. The zero-order valence-electron chi connectivity index (χ0n) is 11.9. The number of nitrogens with one attached hydrogen (secondary N) is 1. The van der Waals surface area contributed by atoms with Crippen molar-refractivity contribution >= 4 is 39.2 Å². The van der Waals surface area contributed by atoms with Gasteiger partial charge in [0.2, 0.25) is 5.91 Å². The van der Waals surface area contributed by atoms with Crippen molar-refractivity contribution in [2.75, 3.05) is 24.1 Å². The van der Waals surface area contributed by atoms with Crippen molar-refractivity contribution in [1.29, 1.82) is 0 Å². The molecule has 1 atom stereocenters. The zero-order valence-corrected chi connectivity index (χ0v) is 13.4. The molecule has 1 aromatic rings. The van der Waals surface area contributed by atoms with Crippen molar-refractivity contribution in [2.24, 2.45) is 11.7 Å². The van der Waals surface area contributed by atoms with Gasteiger partial charge in [-0.3, -0.25) is 4.79 Å². The molecule has 0 spiro atoms. The van der Waals surface area contributed by atoms with E-state index in [1.54, 1.807) is 6.07 Å². The minimum absolute atomic E-state index is 0.134. The van der Waals surface area contributed by atoms with Gasteiger partial charge in [0, 0.05) is 17.6 Å². The van der Waals surface area contributed by atoms with E-state index in [1.807, 2.05) is 13.0 Å². The number of hydrogen-bond donors (Lipinski definition) is 3. The minimum atomic E-state index is -0.481. The van der Waals surface area contributed by atoms with Crippen molar-refractivity contribution in [3.63, 3.8) is 0 Å². The second-order valence-corrected chi connectivity index (χ2v) is 6.21. The van der Waals surface area contributed by atoms with Crippen molar-refractivity contribution in [3.05, 3.63) is 22.2 Å². The molecule has 2 rings (SSSR count). The van der Waals surface area contributed by atoms with Crippen LogP contribution in [0.1, 0.15) is 18.4 Å². The summed E-state index contributed by atoms with van der Waals surface area (Å²) in [5.41, 5.74) is 13.3. The number of urea groups is 1. The SMILES string of the molecule is Cc1cc(Br)cc(NC(=O)C2CCCN(C(N)=O)C2)c1N. The number of amides is 3. The Kier molecular flexibility index (Phi) is 4.72. The number of nitrogens with zero attached hydrogens (tertiary/aromatic N) is 1. The van der Waals surface area contributed by atoms with Crippen LogP contribution < -0.4 is 16.8 Å². The molecule has 0 saturated carbocycles. The Morgan fingerprint density at radius 1 is 1.43 bits per heavy atom. The lowest BCUT2D eigenvalue weighted by molar-refractivity contribution is -0.121. The predicted octanol–water partition coefficient (Wildman–Crippen LogP) is 2.07. The van der Waals surface area contributed by atoms with Crippen molar-refractivity contribution < 1.29 is 9.59 Å². The van der Waals surface area contributed by atoms with Gasteiger partial charge in [0.15, 0.2) is 0 Å². The maximum atomic E-state index is 12.3. The molecule has 1 saturated heterocycles. The Morgan fingerprint density at radius 3 is 2.81 bits per heavy atom. The average Bonchev–Trinajstić information content (AvgIpc) is 2.44. The molecule has 114 valence electrons. The van der Waals surface area contributed by atoms with Gasteiger partial charge < -0.3 is 21.7 Å². The number of likely N-dealkylation sites (tertiary alicyclic amines) is 1. The maximum Gasteiger partial charge on any atom is 0.314 e. The third-order valence-electron chi connectivity index (χ3n) is 3.71. The van der Waals surface area contributed by atoms with Crippen LogP contribution in [0, 0.1) is 12.8 Å². The second-order valence-electron chi connectivity index (χ2n) is 5.30. The molecule has 1 heterocycles. The van der Waals surface area contributed by atoms with Crippen LogP contribution in [0.2, 0.25) is 0 Å². The van der Waals surface area contributed by atoms with E-state index in [0.717, 1.165) is 22.9 Å². The Balaban J connectivity index is 2.09. The standard InChI is InChI=1S/C14H19BrN4O2/c1-8-5-10(15)6-11(12(8)16)18-13(20)9-3-2-4-19(7-9)14(17)21/h5-6,9H,2-4,7,16H2,1H3,(H2,17,21)(H,18,20). The van der Waals surface area contributed by atoms with Crippen LogP contribution in [0.4, 0.5) is 16.2 Å². The lowest BCUT2D eigenvalue weighted by atomic mass is 9.97. The molecule has 1 unspecified atom stereocenters. The molecular weight excluding hydrogens is 336 g/mol. The van der Waals surface area contributed by atoms with Gasteiger partial charge in [0.25, 0.3) is 0 Å². The van der Waals surface area contributed by atoms with Gasteiger partial charge in [-0.2, -0.15) is 0 Å². The lowest BCUT2D eigenvalue weighted by Crippen LogP contribution is -2.46. The highest BCUT2D eigenvalue weighted by molar-refractivity contribution is 9.10. The Bertz CT molecular complexity index is 576. The maximum absolute atomic E-state index is 12.3. The van der Waals surface area contributed by atoms with Crippen LogP contribution in [0.3, 0.4) is 0 Å². The van der Waals surface area contributed by atoms with Crippen molar-refractivity contribution in [1.82, 2.24) is 4.90 Å². The first-order chi connectivity index (χ1) is 9.88. The molecule has 0 aromatic heterocycles. The van der Waals surface area contributed by atoms with Crippen LogP contribution in [-0.2, 0) is 4.79 Å². The van der Waals surface area contributed by atoms with E-state index in [1.165, 1.54) is 4.90 Å². The van der Waals surface area contributed by atoms with Crippen LogP contribution in [0.15, 0.2) is 16.6 Å². The molecule has 1 aliphatic heterocycles. The number of carbonyl (C=O) groups excluding carboxylic acids is 2. The number of anilines is 2. The van der Waals surface area contributed by atoms with Gasteiger partial charge >= 0.3 is 6.03 Å². The summed E-state index contributed by atoms with van der Waals surface area (Å²) in [5.74, 6) is -0.393. The van der Waals surface area contributed by atoms with Gasteiger partial charge in [-0.25, -0.2) is 4.79 Å². The van der Waals surface area contributed by atoms with Crippen LogP contribution >= 0.6 is 15.9 Å². The highest BCUT2D eigenvalue weighted by atomic mass is 79.9. The smallest absolute Gasteiger partial charge is 0.314 e. The summed E-state index contributed by atoms with van der Waals surface area (Å²) in [7, 11) is 0. The molecule has 6 nitrogen and oxygen atoms in total. The Hall–Kier alpha value is -1.76. The van der Waals surface area contributed by atoms with Crippen LogP contribution in [-0.4, -0.2) is 29.9 Å². The van der Waals surface area contributed by atoms with Crippen molar-refractivity contribution in [2.45, 2.75) is 19.8 Å². The van der Waals surface area contributed by atoms with Gasteiger partial charge in [-0.05, 0) is 37.5 Å². The molecule has 5 N–H and O–H groups in total.